The minimum Gasteiger partial charge on any atom is -0.322 e. The average Bonchev–Trinajstić information content (AvgIpc) is 2.90. The van der Waals surface area contributed by atoms with Gasteiger partial charge in [-0.25, -0.2) is 0 Å². The lowest BCUT2D eigenvalue weighted by molar-refractivity contribution is 0.758. The molecule has 2 aromatic heterocycles. The highest BCUT2D eigenvalue weighted by atomic mass is 35.5. The third-order valence-corrected chi connectivity index (χ3v) is 4.72. The van der Waals surface area contributed by atoms with Crippen molar-refractivity contribution >= 4 is 44.3 Å². The number of aryl methyl sites for hydroxylation is 1. The number of fused-ring (bicyclic) bond motifs is 5. The van der Waals surface area contributed by atoms with Crippen LogP contribution in [0.1, 0.15) is 6.92 Å². The summed E-state index contributed by atoms with van der Waals surface area (Å²) in [6, 6.07) is 15.6. The van der Waals surface area contributed by atoms with Crippen molar-refractivity contribution in [1.82, 2.24) is 9.13 Å². The number of benzene rings is 2. The highest BCUT2D eigenvalue weighted by molar-refractivity contribution is 6.32. The summed E-state index contributed by atoms with van der Waals surface area (Å²) in [6.45, 7) is 2.65. The number of halogens is 1. The molecule has 4 nitrogen and oxygen atoms in total. The Bertz CT molecular complexity index is 1210. The molecule has 24 heavy (non-hydrogen) atoms. The first-order chi connectivity index (χ1) is 11.7. The quantitative estimate of drug-likeness (QED) is 0.548. The fraction of sp³-hybridized carbons (Fsp3) is 0.158. The van der Waals surface area contributed by atoms with E-state index in [1.54, 1.807) is 15.2 Å². The van der Waals surface area contributed by atoms with Crippen LogP contribution in [-0.2, 0) is 13.1 Å². The van der Waals surface area contributed by atoms with E-state index >= 15 is 0 Å². The van der Waals surface area contributed by atoms with Crippen molar-refractivity contribution in [1.29, 1.82) is 5.26 Å². The van der Waals surface area contributed by atoms with E-state index in [4.69, 9.17) is 11.6 Å². The van der Waals surface area contributed by atoms with Gasteiger partial charge in [0.15, 0.2) is 0 Å². The van der Waals surface area contributed by atoms with Crippen molar-refractivity contribution in [3.63, 3.8) is 0 Å². The second-order valence-electron chi connectivity index (χ2n) is 5.70. The SMILES string of the molecule is CCn1c(=O)c2c(c3ccccc31)c1cc(Cl)ccc1n2CC#N. The summed E-state index contributed by atoms with van der Waals surface area (Å²) in [5.41, 5.74) is 2.24. The van der Waals surface area contributed by atoms with Crippen LogP contribution in [-0.4, -0.2) is 9.13 Å². The van der Waals surface area contributed by atoms with Gasteiger partial charge in [0.25, 0.3) is 5.56 Å². The second kappa shape index (κ2) is 5.40. The van der Waals surface area contributed by atoms with Crippen LogP contribution in [0.25, 0.3) is 32.7 Å². The van der Waals surface area contributed by atoms with Crippen molar-refractivity contribution in [3.8, 4) is 6.07 Å². The molecule has 2 heterocycles. The summed E-state index contributed by atoms with van der Waals surface area (Å²) < 4.78 is 3.55. The van der Waals surface area contributed by atoms with Gasteiger partial charge < -0.3 is 9.13 Å². The number of rotatable bonds is 2. The van der Waals surface area contributed by atoms with Crippen LogP contribution in [0.5, 0.6) is 0 Å². The van der Waals surface area contributed by atoms with E-state index in [-0.39, 0.29) is 12.1 Å². The van der Waals surface area contributed by atoms with Crippen LogP contribution in [0.15, 0.2) is 47.3 Å². The number of nitriles is 1. The van der Waals surface area contributed by atoms with E-state index in [9.17, 15) is 10.1 Å². The van der Waals surface area contributed by atoms with Crippen molar-refractivity contribution in [2.45, 2.75) is 20.0 Å². The Kier molecular flexibility index (Phi) is 3.33. The van der Waals surface area contributed by atoms with Gasteiger partial charge in [-0.15, -0.1) is 0 Å². The summed E-state index contributed by atoms with van der Waals surface area (Å²) in [7, 11) is 0. The maximum Gasteiger partial charge on any atom is 0.275 e. The molecule has 0 radical (unpaired) electrons. The summed E-state index contributed by atoms with van der Waals surface area (Å²) >= 11 is 6.20. The van der Waals surface area contributed by atoms with Crippen LogP contribution >= 0.6 is 11.6 Å². The van der Waals surface area contributed by atoms with E-state index < -0.39 is 0 Å². The van der Waals surface area contributed by atoms with Crippen LogP contribution in [0.3, 0.4) is 0 Å². The fourth-order valence-electron chi connectivity index (χ4n) is 3.53. The highest BCUT2D eigenvalue weighted by Gasteiger charge is 2.19. The van der Waals surface area contributed by atoms with E-state index in [2.05, 4.69) is 6.07 Å². The minimum atomic E-state index is -0.0752. The Morgan fingerprint density at radius 2 is 1.83 bits per heavy atom. The molecule has 0 aliphatic heterocycles. The highest BCUT2D eigenvalue weighted by Crippen LogP contribution is 2.34. The smallest absolute Gasteiger partial charge is 0.275 e. The molecule has 5 heteroatoms. The number of hydrogen-bond acceptors (Lipinski definition) is 2. The van der Waals surface area contributed by atoms with Gasteiger partial charge in [0, 0.05) is 27.7 Å². The van der Waals surface area contributed by atoms with Crippen molar-refractivity contribution in [2.24, 2.45) is 0 Å². The average molecular weight is 336 g/mol. The lowest BCUT2D eigenvalue weighted by Gasteiger charge is -2.10. The zero-order valence-electron chi connectivity index (χ0n) is 13.1. The van der Waals surface area contributed by atoms with Crippen LogP contribution in [0.4, 0.5) is 0 Å². The largest absolute Gasteiger partial charge is 0.322 e. The molecule has 4 rings (SSSR count). The molecule has 0 aliphatic carbocycles. The Hall–Kier alpha value is -2.77. The van der Waals surface area contributed by atoms with Gasteiger partial charge in [-0.3, -0.25) is 4.79 Å². The molecule has 0 spiro atoms. The normalized spacial score (nSPS) is 11.4. The Morgan fingerprint density at radius 3 is 2.58 bits per heavy atom. The number of nitrogens with zero attached hydrogens (tertiary/aromatic N) is 3. The van der Waals surface area contributed by atoms with Gasteiger partial charge in [0.1, 0.15) is 12.1 Å². The fourth-order valence-corrected chi connectivity index (χ4v) is 3.70. The van der Waals surface area contributed by atoms with E-state index in [0.717, 1.165) is 27.2 Å². The van der Waals surface area contributed by atoms with Gasteiger partial charge >= 0.3 is 0 Å². The first-order valence-corrected chi connectivity index (χ1v) is 8.15. The molecule has 0 saturated carbocycles. The Balaban J connectivity index is 2.41. The van der Waals surface area contributed by atoms with Gasteiger partial charge in [-0.05, 0) is 31.2 Å². The van der Waals surface area contributed by atoms with Crippen LogP contribution < -0.4 is 5.56 Å². The molecule has 0 unspecified atom stereocenters. The predicted molar refractivity (Wildman–Crippen MR) is 97.5 cm³/mol. The van der Waals surface area contributed by atoms with Crippen molar-refractivity contribution in [2.75, 3.05) is 0 Å². The van der Waals surface area contributed by atoms with E-state index in [1.807, 2.05) is 43.3 Å². The lowest BCUT2D eigenvalue weighted by Crippen LogP contribution is -2.21. The summed E-state index contributed by atoms with van der Waals surface area (Å²) in [5, 5.41) is 12.6. The third-order valence-electron chi connectivity index (χ3n) is 4.48. The minimum absolute atomic E-state index is 0.0752. The summed E-state index contributed by atoms with van der Waals surface area (Å²) in [6.07, 6.45) is 0. The van der Waals surface area contributed by atoms with Crippen LogP contribution in [0, 0.1) is 11.3 Å². The Morgan fingerprint density at radius 1 is 1.08 bits per heavy atom. The van der Waals surface area contributed by atoms with Gasteiger partial charge in [-0.1, -0.05) is 29.8 Å². The number of para-hydroxylation sites is 1. The van der Waals surface area contributed by atoms with Crippen LogP contribution in [0.2, 0.25) is 5.02 Å². The van der Waals surface area contributed by atoms with E-state index in [0.29, 0.717) is 17.1 Å². The summed E-state index contributed by atoms with van der Waals surface area (Å²) in [5.74, 6) is 0. The molecule has 0 amide bonds. The molecular weight excluding hydrogens is 322 g/mol. The standard InChI is InChI=1S/C19H14ClN3O/c1-2-22-15-6-4-3-5-13(15)17-14-11-12(20)7-8-16(14)23(10-9-21)18(17)19(22)24/h3-8,11H,2,10H2,1H3. The maximum absolute atomic E-state index is 13.1. The molecule has 0 N–H and O–H groups in total. The van der Waals surface area contributed by atoms with Gasteiger partial charge in [0.2, 0.25) is 0 Å². The summed E-state index contributed by atoms with van der Waals surface area (Å²) in [4.78, 5) is 13.1. The molecule has 4 aromatic rings. The molecule has 0 bridgehead atoms. The zero-order chi connectivity index (χ0) is 16.8. The van der Waals surface area contributed by atoms with E-state index in [1.165, 1.54) is 0 Å². The molecule has 0 atom stereocenters. The third kappa shape index (κ3) is 1.88. The first kappa shape index (κ1) is 14.8. The molecular formula is C19H14ClN3O. The number of pyridine rings is 1. The molecule has 0 fully saturated rings. The number of aromatic nitrogens is 2. The molecule has 0 aliphatic rings. The first-order valence-electron chi connectivity index (χ1n) is 7.77. The molecule has 118 valence electrons. The second-order valence-corrected chi connectivity index (χ2v) is 6.13. The number of hydrogen-bond donors (Lipinski definition) is 0. The zero-order valence-corrected chi connectivity index (χ0v) is 13.8. The van der Waals surface area contributed by atoms with Gasteiger partial charge in [0.05, 0.1) is 17.1 Å². The molecule has 2 aromatic carbocycles. The predicted octanol–water partition coefficient (Wildman–Crippen LogP) is 4.31. The maximum atomic E-state index is 13.1. The lowest BCUT2D eigenvalue weighted by atomic mass is 10.1. The van der Waals surface area contributed by atoms with Crippen molar-refractivity contribution in [3.05, 3.63) is 57.8 Å². The van der Waals surface area contributed by atoms with Crippen molar-refractivity contribution < 1.29 is 0 Å². The topological polar surface area (TPSA) is 50.7 Å². The molecule has 0 saturated heterocycles. The monoisotopic (exact) mass is 335 g/mol. The van der Waals surface area contributed by atoms with Gasteiger partial charge in [-0.2, -0.15) is 5.26 Å². The Labute approximate surface area is 143 Å².